The van der Waals surface area contributed by atoms with Gasteiger partial charge in [0, 0.05) is 6.20 Å². The van der Waals surface area contributed by atoms with Crippen molar-refractivity contribution in [2.75, 3.05) is 0 Å². The van der Waals surface area contributed by atoms with E-state index in [-0.39, 0.29) is 12.1 Å². The smallest absolute Gasteiger partial charge is 0.357 e. The predicted octanol–water partition coefficient (Wildman–Crippen LogP) is 7.70. The molecule has 0 amide bonds. The van der Waals surface area contributed by atoms with E-state index < -0.39 is 0 Å². The molecule has 4 saturated carbocycles. The lowest BCUT2D eigenvalue weighted by Crippen LogP contribution is -2.54. The number of carbonyl (C=O) groups is 1. The van der Waals surface area contributed by atoms with Crippen molar-refractivity contribution in [3.63, 3.8) is 0 Å². The van der Waals surface area contributed by atoms with Crippen LogP contribution in [0.25, 0.3) is 0 Å². The summed E-state index contributed by atoms with van der Waals surface area (Å²) in [5.74, 6) is 5.03. The lowest BCUT2D eigenvalue weighted by atomic mass is 9.44. The first-order valence-electron chi connectivity index (χ1n) is 14.0. The molecule has 3 nitrogen and oxygen atoms in total. The first-order chi connectivity index (χ1) is 15.9. The number of ether oxygens (including phenoxy) is 1. The topological polar surface area (TPSA) is 39.2 Å². The fourth-order valence-corrected chi connectivity index (χ4v) is 9.65. The Kier molecular flexibility index (Phi) is 6.38. The molecule has 5 rings (SSSR count). The summed E-state index contributed by atoms with van der Waals surface area (Å²) < 4.78 is 5.95. The average Bonchev–Trinajstić information content (AvgIpc) is 3.17. The quantitative estimate of drug-likeness (QED) is 0.430. The molecular formula is C30H45NO2. The Bertz CT molecular complexity index is 839. The lowest BCUT2D eigenvalue weighted by Gasteiger charge is -2.61. The van der Waals surface area contributed by atoms with Crippen molar-refractivity contribution in [2.24, 2.45) is 46.3 Å². The Morgan fingerprint density at radius 1 is 1.06 bits per heavy atom. The minimum absolute atomic E-state index is 0.0636. The second kappa shape index (κ2) is 9.00. The van der Waals surface area contributed by atoms with E-state index in [1.165, 1.54) is 57.8 Å². The van der Waals surface area contributed by atoms with Crippen LogP contribution in [-0.4, -0.2) is 17.1 Å². The molecular weight excluding hydrogens is 406 g/mol. The summed E-state index contributed by atoms with van der Waals surface area (Å²) in [6.07, 6.45) is 16.3. The molecule has 9 atom stereocenters. The average molecular weight is 452 g/mol. The number of aromatic nitrogens is 1. The highest BCUT2D eigenvalue weighted by Gasteiger charge is 2.60. The van der Waals surface area contributed by atoms with Gasteiger partial charge in [0.2, 0.25) is 0 Å². The molecule has 0 saturated heterocycles. The molecule has 1 heterocycles. The molecule has 0 spiro atoms. The van der Waals surface area contributed by atoms with E-state index in [1.807, 2.05) is 12.1 Å². The van der Waals surface area contributed by atoms with Crippen LogP contribution in [-0.2, 0) is 4.74 Å². The van der Waals surface area contributed by atoms with Gasteiger partial charge in [0.05, 0.1) is 0 Å². The Morgan fingerprint density at radius 2 is 1.85 bits per heavy atom. The van der Waals surface area contributed by atoms with E-state index in [4.69, 9.17) is 4.74 Å². The summed E-state index contributed by atoms with van der Waals surface area (Å²) in [6, 6.07) is 5.46. The predicted molar refractivity (Wildman–Crippen MR) is 133 cm³/mol. The van der Waals surface area contributed by atoms with E-state index >= 15 is 0 Å². The van der Waals surface area contributed by atoms with Crippen molar-refractivity contribution in [1.29, 1.82) is 0 Å². The second-order valence-electron chi connectivity index (χ2n) is 12.7. The van der Waals surface area contributed by atoms with Crippen LogP contribution in [0.3, 0.4) is 0 Å². The Morgan fingerprint density at radius 3 is 2.61 bits per heavy atom. The summed E-state index contributed by atoms with van der Waals surface area (Å²) >= 11 is 0. The summed E-state index contributed by atoms with van der Waals surface area (Å²) in [5, 5.41) is 0. The zero-order valence-corrected chi connectivity index (χ0v) is 21.4. The lowest BCUT2D eigenvalue weighted by molar-refractivity contribution is -0.130. The van der Waals surface area contributed by atoms with Crippen LogP contribution in [0.4, 0.5) is 0 Å². The number of hydrogen-bond donors (Lipinski definition) is 0. The number of nitrogens with zero attached hydrogens (tertiary/aromatic N) is 1. The highest BCUT2D eigenvalue weighted by Crippen LogP contribution is 2.68. The maximum atomic E-state index is 12.6. The monoisotopic (exact) mass is 451 g/mol. The number of esters is 1. The minimum atomic E-state index is -0.246. The Hall–Kier alpha value is -1.38. The number of rotatable bonds is 5. The van der Waals surface area contributed by atoms with Gasteiger partial charge in [0.1, 0.15) is 11.8 Å². The molecule has 0 aromatic carbocycles. The largest absolute Gasteiger partial charge is 0.458 e. The molecule has 0 N–H and O–H groups in total. The molecule has 4 aliphatic carbocycles. The van der Waals surface area contributed by atoms with Gasteiger partial charge in [0.25, 0.3) is 0 Å². The number of pyridine rings is 1. The fourth-order valence-electron chi connectivity index (χ4n) is 9.65. The van der Waals surface area contributed by atoms with Gasteiger partial charge in [-0.2, -0.15) is 0 Å². The zero-order valence-electron chi connectivity index (χ0n) is 21.4. The summed E-state index contributed by atoms with van der Waals surface area (Å²) in [6.45, 7) is 10.2. The molecule has 5 unspecified atom stereocenters. The minimum Gasteiger partial charge on any atom is -0.458 e. The second-order valence-corrected chi connectivity index (χ2v) is 12.7. The molecule has 33 heavy (non-hydrogen) atoms. The fraction of sp³-hybridized carbons (Fsp3) is 0.800. The molecule has 0 aliphatic heterocycles. The Balaban J connectivity index is 1.26. The number of hydrogen-bond acceptors (Lipinski definition) is 3. The van der Waals surface area contributed by atoms with Gasteiger partial charge in [-0.05, 0) is 116 Å². The standard InChI is InChI=1S/C30H45NO2/c1-5-8-20(2)24-12-13-25-23-11-10-21-19-22(33-28(32)27-9-6-7-18-31-27)14-16-29(21,3)26(23)15-17-30(24,25)4/h6-7,9,18,20-26H,5,8,10-17,19H2,1-4H3/t20-,21?,22?,23?,24-,25?,26?,29+,30-/m1/s1. The molecule has 1 aromatic heterocycles. The van der Waals surface area contributed by atoms with Gasteiger partial charge in [0.15, 0.2) is 0 Å². The third kappa shape index (κ3) is 3.96. The van der Waals surface area contributed by atoms with Crippen molar-refractivity contribution in [3.8, 4) is 0 Å². The van der Waals surface area contributed by atoms with Crippen LogP contribution < -0.4 is 0 Å². The SMILES string of the molecule is CCC[C@@H](C)[C@H]1CCC2C3CCC4CC(OC(=O)c5ccccn5)CC[C@]4(C)C3CC[C@@]21C. The van der Waals surface area contributed by atoms with Gasteiger partial charge in [-0.15, -0.1) is 0 Å². The summed E-state index contributed by atoms with van der Waals surface area (Å²) in [5.41, 5.74) is 1.45. The van der Waals surface area contributed by atoms with Crippen molar-refractivity contribution < 1.29 is 9.53 Å². The van der Waals surface area contributed by atoms with Gasteiger partial charge in [-0.25, -0.2) is 9.78 Å². The van der Waals surface area contributed by atoms with E-state index in [9.17, 15) is 4.79 Å². The van der Waals surface area contributed by atoms with Crippen molar-refractivity contribution in [3.05, 3.63) is 30.1 Å². The molecule has 3 heteroatoms. The van der Waals surface area contributed by atoms with E-state index in [0.29, 0.717) is 22.4 Å². The Labute approximate surface area is 201 Å². The van der Waals surface area contributed by atoms with Crippen LogP contribution in [0, 0.1) is 46.3 Å². The third-order valence-electron chi connectivity index (χ3n) is 11.3. The van der Waals surface area contributed by atoms with Crippen LogP contribution in [0.5, 0.6) is 0 Å². The molecule has 0 bridgehead atoms. The first-order valence-corrected chi connectivity index (χ1v) is 14.0. The van der Waals surface area contributed by atoms with Crippen LogP contribution in [0.1, 0.15) is 109 Å². The first kappa shape index (κ1) is 23.4. The third-order valence-corrected chi connectivity index (χ3v) is 11.3. The van der Waals surface area contributed by atoms with Crippen LogP contribution in [0.15, 0.2) is 24.4 Å². The molecule has 1 aromatic rings. The van der Waals surface area contributed by atoms with Crippen LogP contribution >= 0.6 is 0 Å². The maximum absolute atomic E-state index is 12.6. The highest BCUT2D eigenvalue weighted by atomic mass is 16.5. The van der Waals surface area contributed by atoms with Crippen LogP contribution in [0.2, 0.25) is 0 Å². The highest BCUT2D eigenvalue weighted by molar-refractivity contribution is 5.87. The molecule has 4 aliphatic rings. The van der Waals surface area contributed by atoms with Gasteiger partial charge in [-0.3, -0.25) is 0 Å². The van der Waals surface area contributed by atoms with Crippen molar-refractivity contribution in [2.45, 2.75) is 104 Å². The summed E-state index contributed by atoms with van der Waals surface area (Å²) in [7, 11) is 0. The van der Waals surface area contributed by atoms with E-state index in [2.05, 4.69) is 32.7 Å². The summed E-state index contributed by atoms with van der Waals surface area (Å²) in [4.78, 5) is 16.8. The zero-order chi connectivity index (χ0) is 23.2. The van der Waals surface area contributed by atoms with Gasteiger partial charge in [-0.1, -0.05) is 46.6 Å². The van der Waals surface area contributed by atoms with Crippen molar-refractivity contribution in [1.82, 2.24) is 4.98 Å². The normalized spacial score (nSPS) is 43.2. The molecule has 0 radical (unpaired) electrons. The van der Waals surface area contributed by atoms with Gasteiger partial charge >= 0.3 is 5.97 Å². The molecule has 4 fully saturated rings. The number of fused-ring (bicyclic) bond motifs is 5. The van der Waals surface area contributed by atoms with E-state index in [0.717, 1.165) is 42.4 Å². The van der Waals surface area contributed by atoms with Gasteiger partial charge < -0.3 is 4.74 Å². The van der Waals surface area contributed by atoms with E-state index in [1.54, 1.807) is 12.3 Å². The number of carbonyl (C=O) groups excluding carboxylic acids is 1. The van der Waals surface area contributed by atoms with Crippen molar-refractivity contribution >= 4 is 5.97 Å². The maximum Gasteiger partial charge on any atom is 0.357 e. The molecule has 182 valence electrons.